The van der Waals surface area contributed by atoms with Crippen LogP contribution in [0.2, 0.25) is 5.02 Å². The molecule has 0 fully saturated rings. The number of hydrogen-bond donors (Lipinski definition) is 1. The molecule has 0 bridgehead atoms. The summed E-state index contributed by atoms with van der Waals surface area (Å²) in [6.45, 7) is 1.91. The van der Waals surface area contributed by atoms with Gasteiger partial charge in [0.15, 0.2) is 0 Å². The molecule has 16 heavy (non-hydrogen) atoms. The second-order valence-electron chi connectivity index (χ2n) is 3.38. The fourth-order valence-corrected chi connectivity index (χ4v) is 2.29. The van der Waals surface area contributed by atoms with Crippen LogP contribution in [-0.2, 0) is 0 Å². The van der Waals surface area contributed by atoms with Crippen molar-refractivity contribution in [3.8, 4) is 0 Å². The van der Waals surface area contributed by atoms with Crippen molar-refractivity contribution >= 4 is 44.4 Å². The topological polar surface area (TPSA) is 50.2 Å². The summed E-state index contributed by atoms with van der Waals surface area (Å²) in [6, 6.07) is 5.10. The van der Waals surface area contributed by atoms with Crippen molar-refractivity contribution in [2.24, 2.45) is 0 Å². The number of aromatic carboxylic acids is 1. The van der Waals surface area contributed by atoms with Gasteiger partial charge in [-0.15, -0.1) is 0 Å². The van der Waals surface area contributed by atoms with Gasteiger partial charge >= 0.3 is 5.97 Å². The van der Waals surface area contributed by atoms with E-state index in [0.717, 1.165) is 15.4 Å². The Morgan fingerprint density at radius 2 is 2.19 bits per heavy atom. The third-order valence-corrected chi connectivity index (χ3v) is 3.23. The van der Waals surface area contributed by atoms with Crippen LogP contribution < -0.4 is 0 Å². The van der Waals surface area contributed by atoms with E-state index >= 15 is 0 Å². The van der Waals surface area contributed by atoms with Gasteiger partial charge in [0.05, 0.1) is 10.5 Å². The molecule has 0 saturated carbocycles. The van der Waals surface area contributed by atoms with Crippen molar-refractivity contribution < 1.29 is 9.90 Å². The van der Waals surface area contributed by atoms with Crippen LogP contribution in [0.3, 0.4) is 0 Å². The first-order valence-corrected chi connectivity index (χ1v) is 5.66. The van der Waals surface area contributed by atoms with Gasteiger partial charge in [-0.25, -0.2) is 9.78 Å². The number of carbonyl (C=O) groups is 1. The van der Waals surface area contributed by atoms with Crippen LogP contribution >= 0.6 is 27.5 Å². The maximum Gasteiger partial charge on any atom is 0.354 e. The lowest BCUT2D eigenvalue weighted by atomic mass is 10.1. The molecule has 0 aliphatic heterocycles. The molecule has 0 aliphatic carbocycles. The molecule has 82 valence electrons. The predicted molar refractivity (Wildman–Crippen MR) is 66.1 cm³/mol. The summed E-state index contributed by atoms with van der Waals surface area (Å²) in [7, 11) is 0. The Labute approximate surface area is 105 Å². The Balaban J connectivity index is 2.92. The minimum absolute atomic E-state index is 0.0520. The third-order valence-electron chi connectivity index (χ3n) is 2.29. The zero-order valence-corrected chi connectivity index (χ0v) is 10.6. The van der Waals surface area contributed by atoms with Crippen LogP contribution in [0.1, 0.15) is 16.1 Å². The SMILES string of the molecule is Cc1ccc(Br)c2nc(C(=O)O)cc(Cl)c12. The van der Waals surface area contributed by atoms with Gasteiger partial charge < -0.3 is 5.11 Å². The number of fused-ring (bicyclic) bond motifs is 1. The van der Waals surface area contributed by atoms with E-state index in [4.69, 9.17) is 16.7 Å². The number of halogens is 2. The quantitative estimate of drug-likeness (QED) is 0.874. The first-order chi connectivity index (χ1) is 7.50. The summed E-state index contributed by atoms with van der Waals surface area (Å²) in [6.07, 6.45) is 0. The molecule has 2 rings (SSSR count). The molecule has 0 aliphatic rings. The van der Waals surface area contributed by atoms with Crippen molar-refractivity contribution in [2.75, 3.05) is 0 Å². The van der Waals surface area contributed by atoms with Gasteiger partial charge in [-0.3, -0.25) is 0 Å². The van der Waals surface area contributed by atoms with Gasteiger partial charge in [0, 0.05) is 9.86 Å². The lowest BCUT2D eigenvalue weighted by Crippen LogP contribution is -2.01. The molecule has 5 heteroatoms. The Hall–Kier alpha value is -1.13. The van der Waals surface area contributed by atoms with Crippen LogP contribution in [0.5, 0.6) is 0 Å². The number of nitrogens with zero attached hydrogens (tertiary/aromatic N) is 1. The van der Waals surface area contributed by atoms with Crippen molar-refractivity contribution in [3.05, 3.63) is 39.0 Å². The molecule has 0 spiro atoms. The molecule has 1 heterocycles. The van der Waals surface area contributed by atoms with E-state index in [0.29, 0.717) is 10.5 Å². The highest BCUT2D eigenvalue weighted by atomic mass is 79.9. The Bertz CT molecular complexity index is 598. The predicted octanol–water partition coefficient (Wildman–Crippen LogP) is 3.66. The fraction of sp³-hybridized carbons (Fsp3) is 0.0909. The van der Waals surface area contributed by atoms with Gasteiger partial charge in [-0.1, -0.05) is 17.7 Å². The molecule has 0 unspecified atom stereocenters. The molecule has 0 radical (unpaired) electrons. The molecule has 0 amide bonds. The molecule has 0 saturated heterocycles. The van der Waals surface area contributed by atoms with E-state index in [2.05, 4.69) is 20.9 Å². The van der Waals surface area contributed by atoms with E-state index in [1.165, 1.54) is 6.07 Å². The molecule has 1 N–H and O–H groups in total. The van der Waals surface area contributed by atoms with Gasteiger partial charge in [0.25, 0.3) is 0 Å². The lowest BCUT2D eigenvalue weighted by molar-refractivity contribution is 0.0691. The minimum Gasteiger partial charge on any atom is -0.477 e. The molecule has 2 aromatic rings. The van der Waals surface area contributed by atoms with Gasteiger partial charge in [-0.2, -0.15) is 0 Å². The lowest BCUT2D eigenvalue weighted by Gasteiger charge is -2.07. The van der Waals surface area contributed by atoms with Gasteiger partial charge in [0.1, 0.15) is 5.69 Å². The molecule has 3 nitrogen and oxygen atoms in total. The van der Waals surface area contributed by atoms with E-state index in [9.17, 15) is 4.79 Å². The number of aromatic nitrogens is 1. The summed E-state index contributed by atoms with van der Waals surface area (Å²) in [5.41, 5.74) is 1.49. The molecular formula is C11H7BrClNO2. The molecule has 1 aromatic carbocycles. The minimum atomic E-state index is -1.09. The maximum absolute atomic E-state index is 10.9. The molecular weight excluding hydrogens is 293 g/mol. The summed E-state index contributed by atoms with van der Waals surface area (Å²) >= 11 is 9.39. The van der Waals surface area contributed by atoms with Crippen LogP contribution in [0.15, 0.2) is 22.7 Å². The maximum atomic E-state index is 10.9. The third kappa shape index (κ3) is 1.79. The number of carboxylic acids is 1. The number of carboxylic acid groups (broad SMARTS) is 1. The number of pyridine rings is 1. The zero-order chi connectivity index (χ0) is 11.9. The van der Waals surface area contributed by atoms with Crippen molar-refractivity contribution in [3.63, 3.8) is 0 Å². The Kier molecular flexibility index (Phi) is 2.86. The number of hydrogen-bond acceptors (Lipinski definition) is 2. The van der Waals surface area contributed by atoms with Crippen LogP contribution in [0.4, 0.5) is 0 Å². The second-order valence-corrected chi connectivity index (χ2v) is 4.64. The Morgan fingerprint density at radius 3 is 2.81 bits per heavy atom. The monoisotopic (exact) mass is 299 g/mol. The van der Waals surface area contributed by atoms with Gasteiger partial charge in [-0.05, 0) is 40.5 Å². The first-order valence-electron chi connectivity index (χ1n) is 4.49. The number of rotatable bonds is 1. The van der Waals surface area contributed by atoms with E-state index in [-0.39, 0.29) is 5.69 Å². The standard InChI is InChI=1S/C11H7BrClNO2/c1-5-2-3-6(12)10-9(5)7(13)4-8(14-10)11(15)16/h2-4H,1H3,(H,15,16). The summed E-state index contributed by atoms with van der Waals surface area (Å²) in [5, 5.41) is 10.1. The molecule has 1 aromatic heterocycles. The van der Waals surface area contributed by atoms with Crippen molar-refractivity contribution in [1.82, 2.24) is 4.98 Å². The highest BCUT2D eigenvalue weighted by Gasteiger charge is 2.13. The molecule has 0 atom stereocenters. The van der Waals surface area contributed by atoms with E-state index in [1.807, 2.05) is 19.1 Å². The summed E-state index contributed by atoms with van der Waals surface area (Å²) < 4.78 is 0.734. The highest BCUT2D eigenvalue weighted by molar-refractivity contribution is 9.10. The second kappa shape index (κ2) is 4.03. The van der Waals surface area contributed by atoms with Gasteiger partial charge in [0.2, 0.25) is 0 Å². The summed E-state index contributed by atoms with van der Waals surface area (Å²) in [5.74, 6) is -1.09. The van der Waals surface area contributed by atoms with Crippen LogP contribution in [0, 0.1) is 6.92 Å². The van der Waals surface area contributed by atoms with Crippen LogP contribution in [-0.4, -0.2) is 16.1 Å². The average molecular weight is 301 g/mol. The first kappa shape index (κ1) is 11.4. The van der Waals surface area contributed by atoms with Crippen molar-refractivity contribution in [2.45, 2.75) is 6.92 Å². The number of benzene rings is 1. The average Bonchev–Trinajstić information content (AvgIpc) is 2.22. The Morgan fingerprint density at radius 1 is 1.50 bits per heavy atom. The number of aryl methyl sites for hydroxylation is 1. The highest BCUT2D eigenvalue weighted by Crippen LogP contribution is 2.31. The van der Waals surface area contributed by atoms with Crippen molar-refractivity contribution in [1.29, 1.82) is 0 Å². The summed E-state index contributed by atoms with van der Waals surface area (Å²) in [4.78, 5) is 14.9. The van der Waals surface area contributed by atoms with E-state index in [1.54, 1.807) is 0 Å². The largest absolute Gasteiger partial charge is 0.477 e. The fourth-order valence-electron chi connectivity index (χ4n) is 1.53. The van der Waals surface area contributed by atoms with Crippen LogP contribution in [0.25, 0.3) is 10.9 Å². The normalized spacial score (nSPS) is 10.7. The smallest absolute Gasteiger partial charge is 0.354 e. The zero-order valence-electron chi connectivity index (χ0n) is 8.29. The van der Waals surface area contributed by atoms with E-state index < -0.39 is 5.97 Å².